The van der Waals surface area contributed by atoms with Crippen LogP contribution in [-0.2, 0) is 11.2 Å². The molecule has 1 fully saturated rings. The minimum Gasteiger partial charge on any atom is -0.491 e. The van der Waals surface area contributed by atoms with Crippen molar-refractivity contribution in [2.45, 2.75) is 46.0 Å². The van der Waals surface area contributed by atoms with Crippen molar-refractivity contribution in [3.8, 4) is 5.75 Å². The largest absolute Gasteiger partial charge is 0.491 e. The third kappa shape index (κ3) is 3.72. The lowest BCUT2D eigenvalue weighted by atomic mass is 10.1. The monoisotopic (exact) mass is 261 g/mol. The third-order valence-electron chi connectivity index (χ3n) is 3.27. The summed E-state index contributed by atoms with van der Waals surface area (Å²) in [4.78, 5) is 11.9. The molecule has 3 nitrogen and oxygen atoms in total. The van der Waals surface area contributed by atoms with Crippen LogP contribution >= 0.6 is 0 Å². The highest BCUT2D eigenvalue weighted by Crippen LogP contribution is 2.34. The van der Waals surface area contributed by atoms with Gasteiger partial charge in [0, 0.05) is 5.92 Å². The Balaban J connectivity index is 2.18. The molecule has 0 heterocycles. The van der Waals surface area contributed by atoms with Gasteiger partial charge in [0.05, 0.1) is 12.3 Å². The Kier molecular flexibility index (Phi) is 4.83. The molecule has 1 amide bonds. The second-order valence-corrected chi connectivity index (χ2v) is 5.16. The van der Waals surface area contributed by atoms with Gasteiger partial charge in [-0.3, -0.25) is 4.79 Å². The van der Waals surface area contributed by atoms with Gasteiger partial charge in [0.1, 0.15) is 5.75 Å². The number of anilines is 1. The second kappa shape index (κ2) is 6.60. The van der Waals surface area contributed by atoms with Crippen molar-refractivity contribution in [1.82, 2.24) is 0 Å². The van der Waals surface area contributed by atoms with Crippen LogP contribution in [0.3, 0.4) is 0 Å². The van der Waals surface area contributed by atoms with Gasteiger partial charge in [-0.05, 0) is 37.3 Å². The van der Waals surface area contributed by atoms with Crippen molar-refractivity contribution in [1.29, 1.82) is 0 Å². The van der Waals surface area contributed by atoms with Crippen LogP contribution in [0.15, 0.2) is 18.2 Å². The van der Waals surface area contributed by atoms with Gasteiger partial charge in [-0.2, -0.15) is 0 Å². The van der Waals surface area contributed by atoms with E-state index >= 15 is 0 Å². The first-order valence-corrected chi connectivity index (χ1v) is 7.31. The predicted octanol–water partition coefficient (Wildman–Crippen LogP) is 3.78. The van der Waals surface area contributed by atoms with Crippen molar-refractivity contribution in [2.75, 3.05) is 11.9 Å². The maximum atomic E-state index is 11.9. The van der Waals surface area contributed by atoms with Crippen LogP contribution in [0.2, 0.25) is 0 Å². The van der Waals surface area contributed by atoms with Crippen molar-refractivity contribution >= 4 is 11.6 Å². The summed E-state index contributed by atoms with van der Waals surface area (Å²) in [6.07, 6.45) is 5.06. The van der Waals surface area contributed by atoms with Crippen molar-refractivity contribution in [3.63, 3.8) is 0 Å². The highest BCUT2D eigenvalue weighted by molar-refractivity contribution is 5.95. The Morgan fingerprint density at radius 3 is 2.74 bits per heavy atom. The maximum absolute atomic E-state index is 11.9. The lowest BCUT2D eigenvalue weighted by molar-refractivity contribution is -0.117. The molecule has 0 aliphatic heterocycles. The summed E-state index contributed by atoms with van der Waals surface area (Å²) in [5, 5.41) is 3.02. The summed E-state index contributed by atoms with van der Waals surface area (Å²) in [5.74, 6) is 1.21. The Morgan fingerprint density at radius 2 is 2.11 bits per heavy atom. The van der Waals surface area contributed by atoms with Gasteiger partial charge in [-0.25, -0.2) is 0 Å². The van der Waals surface area contributed by atoms with E-state index in [2.05, 4.69) is 25.2 Å². The van der Waals surface area contributed by atoms with Crippen molar-refractivity contribution < 1.29 is 9.53 Å². The molecule has 104 valence electrons. The van der Waals surface area contributed by atoms with Gasteiger partial charge >= 0.3 is 0 Å². The van der Waals surface area contributed by atoms with Crippen LogP contribution in [0, 0.1) is 5.92 Å². The molecule has 1 aliphatic carbocycles. The zero-order chi connectivity index (χ0) is 13.7. The Morgan fingerprint density at radius 1 is 1.32 bits per heavy atom. The minimum atomic E-state index is 0.134. The fourth-order valence-corrected chi connectivity index (χ4v) is 2.10. The number of carbonyl (C=O) groups is 1. The molecule has 0 saturated heterocycles. The van der Waals surface area contributed by atoms with E-state index in [0.29, 0.717) is 6.61 Å². The van der Waals surface area contributed by atoms with Crippen LogP contribution < -0.4 is 10.1 Å². The molecule has 1 aromatic rings. The fraction of sp³-hybridized carbons (Fsp3) is 0.562. The number of hydrogen-bond acceptors (Lipinski definition) is 2. The third-order valence-corrected chi connectivity index (χ3v) is 3.27. The van der Waals surface area contributed by atoms with Crippen LogP contribution in [0.1, 0.15) is 45.1 Å². The average molecular weight is 261 g/mol. The first-order chi connectivity index (χ1) is 9.26. The highest BCUT2D eigenvalue weighted by atomic mass is 16.5. The number of para-hydroxylation sites is 1. The van der Waals surface area contributed by atoms with E-state index in [1.165, 1.54) is 5.56 Å². The molecule has 1 saturated carbocycles. The maximum Gasteiger partial charge on any atom is 0.227 e. The quantitative estimate of drug-likeness (QED) is 0.811. The van der Waals surface area contributed by atoms with E-state index in [-0.39, 0.29) is 11.8 Å². The molecule has 1 aromatic carbocycles. The topological polar surface area (TPSA) is 38.3 Å². The minimum absolute atomic E-state index is 0.134. The SMILES string of the molecule is CCCOc1c(CCC)cccc1NC(=O)C1CC1. The molecular weight excluding hydrogens is 238 g/mol. The number of hydrogen-bond donors (Lipinski definition) is 1. The zero-order valence-electron chi connectivity index (χ0n) is 11.9. The molecule has 0 bridgehead atoms. The van der Waals surface area contributed by atoms with Gasteiger partial charge in [-0.15, -0.1) is 0 Å². The van der Waals surface area contributed by atoms with Gasteiger partial charge < -0.3 is 10.1 Å². The summed E-state index contributed by atoms with van der Waals surface area (Å²) >= 11 is 0. The molecule has 1 aliphatic rings. The van der Waals surface area contributed by atoms with E-state index in [0.717, 1.165) is 43.5 Å². The van der Waals surface area contributed by atoms with E-state index in [4.69, 9.17) is 4.74 Å². The second-order valence-electron chi connectivity index (χ2n) is 5.16. The van der Waals surface area contributed by atoms with Crippen LogP contribution in [-0.4, -0.2) is 12.5 Å². The fourth-order valence-electron chi connectivity index (χ4n) is 2.10. The number of carbonyl (C=O) groups excluding carboxylic acids is 1. The van der Waals surface area contributed by atoms with E-state index in [9.17, 15) is 4.79 Å². The lowest BCUT2D eigenvalue weighted by Gasteiger charge is -2.16. The van der Waals surface area contributed by atoms with Crippen molar-refractivity contribution in [3.05, 3.63) is 23.8 Å². The average Bonchev–Trinajstić information content (AvgIpc) is 3.22. The van der Waals surface area contributed by atoms with Gasteiger partial charge in [0.2, 0.25) is 5.91 Å². The molecule has 0 radical (unpaired) electrons. The highest BCUT2D eigenvalue weighted by Gasteiger charge is 2.30. The number of ether oxygens (including phenoxy) is 1. The molecule has 0 unspecified atom stereocenters. The van der Waals surface area contributed by atoms with E-state index in [1.807, 2.05) is 12.1 Å². The van der Waals surface area contributed by atoms with Crippen LogP contribution in [0.5, 0.6) is 5.75 Å². The molecule has 0 aromatic heterocycles. The molecular formula is C16H23NO2. The lowest BCUT2D eigenvalue weighted by Crippen LogP contribution is -2.15. The normalized spacial score (nSPS) is 14.2. The molecule has 19 heavy (non-hydrogen) atoms. The first kappa shape index (κ1) is 13.9. The van der Waals surface area contributed by atoms with Crippen LogP contribution in [0.4, 0.5) is 5.69 Å². The van der Waals surface area contributed by atoms with Gasteiger partial charge in [0.25, 0.3) is 0 Å². The Labute approximate surface area is 115 Å². The molecule has 0 atom stereocenters. The summed E-state index contributed by atoms with van der Waals surface area (Å²) in [7, 11) is 0. The first-order valence-electron chi connectivity index (χ1n) is 7.31. The summed E-state index contributed by atoms with van der Waals surface area (Å²) in [6.45, 7) is 4.93. The van der Waals surface area contributed by atoms with Crippen molar-refractivity contribution in [2.24, 2.45) is 5.92 Å². The standard InChI is InChI=1S/C16H23NO2/c1-3-6-12-7-5-8-14(15(12)19-11-4-2)17-16(18)13-9-10-13/h5,7-8,13H,3-4,6,9-11H2,1-2H3,(H,17,18). The number of nitrogens with one attached hydrogen (secondary N) is 1. The smallest absolute Gasteiger partial charge is 0.227 e. The van der Waals surface area contributed by atoms with E-state index in [1.54, 1.807) is 0 Å². The van der Waals surface area contributed by atoms with Gasteiger partial charge in [-0.1, -0.05) is 32.4 Å². The number of benzene rings is 1. The molecule has 1 N–H and O–H groups in total. The van der Waals surface area contributed by atoms with Crippen LogP contribution in [0.25, 0.3) is 0 Å². The summed E-state index contributed by atoms with van der Waals surface area (Å²) in [6, 6.07) is 6.01. The molecule has 0 spiro atoms. The Hall–Kier alpha value is -1.51. The number of rotatable bonds is 7. The zero-order valence-corrected chi connectivity index (χ0v) is 11.9. The predicted molar refractivity (Wildman–Crippen MR) is 77.6 cm³/mol. The van der Waals surface area contributed by atoms with Gasteiger partial charge in [0.15, 0.2) is 0 Å². The molecule has 2 rings (SSSR count). The van der Waals surface area contributed by atoms with E-state index < -0.39 is 0 Å². The number of amides is 1. The summed E-state index contributed by atoms with van der Waals surface area (Å²) < 4.78 is 5.86. The number of aryl methyl sites for hydroxylation is 1. The summed E-state index contributed by atoms with van der Waals surface area (Å²) in [5.41, 5.74) is 2.01. The molecule has 3 heteroatoms. The Bertz CT molecular complexity index is 438.